The third-order valence-electron chi connectivity index (χ3n) is 11.4. The van der Waals surface area contributed by atoms with Crippen LogP contribution in [0.3, 0.4) is 0 Å². The van der Waals surface area contributed by atoms with E-state index in [0.29, 0.717) is 6.04 Å². The number of piperazine rings is 1. The van der Waals surface area contributed by atoms with Crippen molar-refractivity contribution in [2.75, 3.05) is 41.3 Å². The predicted molar refractivity (Wildman–Crippen MR) is 188 cm³/mol. The van der Waals surface area contributed by atoms with Gasteiger partial charge in [0.15, 0.2) is 5.69 Å². The number of carbonyl (C=O) groups excluding carboxylic acids is 5. The average Bonchev–Trinajstić information content (AvgIpc) is 3.77. The van der Waals surface area contributed by atoms with Crippen molar-refractivity contribution in [1.29, 1.82) is 0 Å². The van der Waals surface area contributed by atoms with Crippen molar-refractivity contribution in [2.45, 2.75) is 75.4 Å². The van der Waals surface area contributed by atoms with Gasteiger partial charge in [0.25, 0.3) is 17.7 Å². The van der Waals surface area contributed by atoms with E-state index in [1.165, 1.54) is 10.7 Å². The number of hydrogen-bond acceptors (Lipinski definition) is 9. The number of anilines is 3. The Morgan fingerprint density at radius 1 is 0.889 bits per heavy atom. The molecule has 0 saturated carbocycles. The zero-order valence-electron chi connectivity index (χ0n) is 29.4. The van der Waals surface area contributed by atoms with Gasteiger partial charge < -0.3 is 15.1 Å². The molecule has 4 saturated heterocycles. The Kier molecular flexibility index (Phi) is 8.29. The standard InChI is InChI=1S/C37H36F3N9O5/c1-36(2,35(54)43-20-4-9-29(41-3)28(12-20)37(38,39)40)47-19-24(14-42-47)46-15-22-5-6-23(16-46)48(22)25-17-45(18-25)21-7-8-26-27(13-21)34(53)49(33(26)52)30-10-11-31(50)44-32(30)51/h4,7-9,12-14,19,22-23,25,30H,5-6,10-11,15-18H2,1-2H3,(H,43,54)(H,44,50,51). The van der Waals surface area contributed by atoms with Crippen LogP contribution in [0.1, 0.15) is 65.8 Å². The Balaban J connectivity index is 0.890. The Hall–Kier alpha value is -5.76. The normalized spacial score (nSPS) is 23.3. The summed E-state index contributed by atoms with van der Waals surface area (Å²) in [6.45, 7) is 13.3. The van der Waals surface area contributed by atoms with Crippen LogP contribution in [0.2, 0.25) is 0 Å². The molecule has 5 aliphatic heterocycles. The van der Waals surface area contributed by atoms with E-state index in [4.69, 9.17) is 6.57 Å². The second-order valence-corrected chi connectivity index (χ2v) is 15.0. The van der Waals surface area contributed by atoms with Gasteiger partial charge in [-0.3, -0.25) is 43.8 Å². The monoisotopic (exact) mass is 743 g/mol. The molecule has 5 aliphatic rings. The van der Waals surface area contributed by atoms with Crippen molar-refractivity contribution < 1.29 is 37.1 Å². The van der Waals surface area contributed by atoms with Crippen LogP contribution in [0.5, 0.6) is 0 Å². The van der Waals surface area contributed by atoms with Gasteiger partial charge in [-0.05, 0) is 63.4 Å². The van der Waals surface area contributed by atoms with Crippen LogP contribution < -0.4 is 20.4 Å². The molecule has 3 unspecified atom stereocenters. The van der Waals surface area contributed by atoms with Crippen LogP contribution in [-0.2, 0) is 26.1 Å². The summed E-state index contributed by atoms with van der Waals surface area (Å²) in [5.74, 6) is -2.69. The number of nitrogens with one attached hydrogen (secondary N) is 2. The molecule has 0 radical (unpaired) electrons. The molecule has 54 heavy (non-hydrogen) atoms. The molecule has 0 spiro atoms. The molecule has 17 heteroatoms. The highest BCUT2D eigenvalue weighted by atomic mass is 19.4. The number of halogens is 3. The molecule has 14 nitrogen and oxygen atoms in total. The summed E-state index contributed by atoms with van der Waals surface area (Å²) in [5, 5.41) is 9.24. The topological polar surface area (TPSA) is 145 Å². The number of aromatic nitrogens is 2. The van der Waals surface area contributed by atoms with Gasteiger partial charge in [-0.2, -0.15) is 18.3 Å². The summed E-state index contributed by atoms with van der Waals surface area (Å²) in [6, 6.07) is 8.11. The first-order chi connectivity index (χ1) is 25.6. The molecule has 8 rings (SSSR count). The van der Waals surface area contributed by atoms with Gasteiger partial charge in [-0.1, -0.05) is 6.07 Å². The summed E-state index contributed by atoms with van der Waals surface area (Å²) >= 11 is 0. The minimum absolute atomic E-state index is 0.0591. The predicted octanol–water partition coefficient (Wildman–Crippen LogP) is 3.77. The lowest BCUT2D eigenvalue weighted by molar-refractivity contribution is -0.137. The molecular formula is C37H36F3N9O5. The van der Waals surface area contributed by atoms with E-state index < -0.39 is 58.5 Å². The van der Waals surface area contributed by atoms with E-state index in [1.54, 1.807) is 38.4 Å². The molecule has 1 aromatic heterocycles. The van der Waals surface area contributed by atoms with E-state index in [0.717, 1.165) is 67.4 Å². The number of hydrogen-bond donors (Lipinski definition) is 2. The SMILES string of the molecule is [C-]#[N+]c1ccc(NC(=O)C(C)(C)n2cc(N3CC4CCC(C3)N4C3CN(c4ccc5c(c4)C(=O)N(C4CCC(=O)NC4=O)C5=O)C3)cn2)cc1C(F)(F)F. The Bertz CT molecular complexity index is 2140. The second-order valence-electron chi connectivity index (χ2n) is 15.0. The number of rotatable bonds is 7. The zero-order valence-corrected chi connectivity index (χ0v) is 29.4. The Labute approximate surface area is 307 Å². The summed E-state index contributed by atoms with van der Waals surface area (Å²) < 4.78 is 42.0. The van der Waals surface area contributed by atoms with Gasteiger partial charge >= 0.3 is 6.18 Å². The maximum atomic E-state index is 13.5. The van der Waals surface area contributed by atoms with Crippen LogP contribution in [-0.4, -0.2) is 99.5 Å². The van der Waals surface area contributed by atoms with Crippen molar-refractivity contribution >= 4 is 52.3 Å². The van der Waals surface area contributed by atoms with Crippen LogP contribution in [0.25, 0.3) is 4.85 Å². The summed E-state index contributed by atoms with van der Waals surface area (Å²) in [5.41, 5.74) is -0.810. The lowest BCUT2D eigenvalue weighted by Crippen LogP contribution is -2.67. The van der Waals surface area contributed by atoms with Crippen molar-refractivity contribution in [1.82, 2.24) is 24.9 Å². The molecule has 4 fully saturated rings. The van der Waals surface area contributed by atoms with E-state index in [9.17, 15) is 37.1 Å². The lowest BCUT2D eigenvalue weighted by Gasteiger charge is -2.52. The van der Waals surface area contributed by atoms with Crippen LogP contribution in [0.4, 0.5) is 35.9 Å². The highest BCUT2D eigenvalue weighted by molar-refractivity contribution is 6.23. The van der Waals surface area contributed by atoms with Gasteiger partial charge in [0.2, 0.25) is 11.8 Å². The van der Waals surface area contributed by atoms with E-state index in [1.807, 2.05) is 6.07 Å². The number of benzene rings is 2. The largest absolute Gasteiger partial charge is 0.407 e. The maximum Gasteiger partial charge on any atom is 0.407 e. The molecule has 0 aliphatic carbocycles. The van der Waals surface area contributed by atoms with E-state index in [2.05, 4.69) is 35.3 Å². The summed E-state index contributed by atoms with van der Waals surface area (Å²) in [6.07, 6.45) is 0.945. The van der Waals surface area contributed by atoms with Crippen LogP contribution >= 0.6 is 0 Å². The van der Waals surface area contributed by atoms with Gasteiger partial charge in [0.1, 0.15) is 11.6 Å². The number of carbonyl (C=O) groups is 5. The first kappa shape index (κ1) is 35.3. The Morgan fingerprint density at radius 2 is 1.56 bits per heavy atom. The summed E-state index contributed by atoms with van der Waals surface area (Å²) in [7, 11) is 0. The van der Waals surface area contributed by atoms with Gasteiger partial charge in [-0.15, -0.1) is 0 Å². The lowest BCUT2D eigenvalue weighted by atomic mass is 10.00. The number of fused-ring (bicyclic) bond motifs is 3. The van der Waals surface area contributed by atoms with E-state index >= 15 is 0 Å². The smallest absolute Gasteiger partial charge is 0.368 e. The van der Waals surface area contributed by atoms with E-state index in [-0.39, 0.29) is 41.7 Å². The zero-order chi connectivity index (χ0) is 38.3. The van der Waals surface area contributed by atoms with Gasteiger partial charge in [-0.25, -0.2) is 4.85 Å². The molecule has 6 heterocycles. The van der Waals surface area contributed by atoms with Crippen molar-refractivity contribution in [3.05, 3.63) is 76.9 Å². The Morgan fingerprint density at radius 3 is 2.22 bits per heavy atom. The third-order valence-corrected chi connectivity index (χ3v) is 11.4. The van der Waals surface area contributed by atoms with Crippen molar-refractivity contribution in [3.8, 4) is 0 Å². The highest BCUT2D eigenvalue weighted by Crippen LogP contribution is 2.40. The number of amides is 5. The van der Waals surface area contributed by atoms with Crippen molar-refractivity contribution in [3.63, 3.8) is 0 Å². The second kappa shape index (κ2) is 12.7. The minimum atomic E-state index is -4.74. The number of nitrogens with zero attached hydrogens (tertiary/aromatic N) is 7. The molecule has 3 aromatic rings. The summed E-state index contributed by atoms with van der Waals surface area (Å²) in [4.78, 5) is 74.7. The average molecular weight is 744 g/mol. The number of alkyl halides is 3. The first-order valence-electron chi connectivity index (χ1n) is 17.7. The van der Waals surface area contributed by atoms with Gasteiger partial charge in [0, 0.05) is 68.3 Å². The number of piperidine rings is 1. The van der Waals surface area contributed by atoms with Crippen LogP contribution in [0, 0.1) is 6.57 Å². The molecule has 2 N–H and O–H groups in total. The van der Waals surface area contributed by atoms with Crippen molar-refractivity contribution in [2.24, 2.45) is 0 Å². The molecular weight excluding hydrogens is 707 g/mol. The fourth-order valence-corrected chi connectivity index (χ4v) is 8.36. The molecule has 280 valence electrons. The molecule has 2 aromatic carbocycles. The van der Waals surface area contributed by atoms with Gasteiger partial charge in [0.05, 0.1) is 35.1 Å². The number of imide groups is 2. The highest BCUT2D eigenvalue weighted by Gasteiger charge is 2.48. The fourth-order valence-electron chi connectivity index (χ4n) is 8.36. The molecule has 2 bridgehead atoms. The maximum absolute atomic E-state index is 13.5. The first-order valence-corrected chi connectivity index (χ1v) is 17.7. The third kappa shape index (κ3) is 5.85. The quantitative estimate of drug-likeness (QED) is 0.273. The molecule has 5 amide bonds. The molecule has 3 atom stereocenters. The minimum Gasteiger partial charge on any atom is -0.368 e. The van der Waals surface area contributed by atoms with Crippen LogP contribution in [0.15, 0.2) is 48.8 Å². The fraction of sp³-hybridized carbons (Fsp3) is 0.432.